The van der Waals surface area contributed by atoms with Gasteiger partial charge in [-0.1, -0.05) is 31.2 Å². The predicted molar refractivity (Wildman–Crippen MR) is 88.3 cm³/mol. The summed E-state index contributed by atoms with van der Waals surface area (Å²) < 4.78 is 0. The number of piperazine rings is 1. The van der Waals surface area contributed by atoms with Crippen molar-refractivity contribution >= 4 is 0 Å². The standard InChI is InChI=1S/C18H29N3/c1-3-19-11-16-6-8-17(9-7-16)13-21-14-18-5-4-10-20(18)12-15(21)2/h6-9,15,18-19H,3-5,10-14H2,1-2H3. The highest BCUT2D eigenvalue weighted by Crippen LogP contribution is 2.25. The van der Waals surface area contributed by atoms with Crippen LogP contribution in [0.5, 0.6) is 0 Å². The number of nitrogens with zero attached hydrogens (tertiary/aromatic N) is 2. The third-order valence-corrected chi connectivity index (χ3v) is 5.05. The normalized spacial score (nSPS) is 27.0. The van der Waals surface area contributed by atoms with Gasteiger partial charge in [0.05, 0.1) is 0 Å². The molecule has 1 aromatic rings. The average Bonchev–Trinajstić information content (AvgIpc) is 2.94. The molecular formula is C18H29N3. The van der Waals surface area contributed by atoms with Crippen LogP contribution >= 0.6 is 0 Å². The monoisotopic (exact) mass is 287 g/mol. The first-order valence-electron chi connectivity index (χ1n) is 8.53. The van der Waals surface area contributed by atoms with Gasteiger partial charge in [-0.3, -0.25) is 9.80 Å². The fourth-order valence-corrected chi connectivity index (χ4v) is 3.73. The van der Waals surface area contributed by atoms with E-state index >= 15 is 0 Å². The highest BCUT2D eigenvalue weighted by atomic mass is 15.3. The first kappa shape index (κ1) is 15.0. The Morgan fingerprint density at radius 1 is 1.14 bits per heavy atom. The predicted octanol–water partition coefficient (Wildman–Crippen LogP) is 2.46. The third-order valence-electron chi connectivity index (χ3n) is 5.05. The lowest BCUT2D eigenvalue weighted by molar-refractivity contribution is 0.0540. The highest BCUT2D eigenvalue weighted by Gasteiger charge is 2.34. The van der Waals surface area contributed by atoms with Crippen LogP contribution in [-0.4, -0.2) is 48.1 Å². The van der Waals surface area contributed by atoms with Gasteiger partial charge in [0.1, 0.15) is 0 Å². The molecule has 1 N–H and O–H groups in total. The van der Waals surface area contributed by atoms with Gasteiger partial charge in [0.25, 0.3) is 0 Å². The first-order valence-corrected chi connectivity index (χ1v) is 8.53. The molecule has 3 nitrogen and oxygen atoms in total. The largest absolute Gasteiger partial charge is 0.313 e. The molecule has 0 radical (unpaired) electrons. The minimum atomic E-state index is 0.681. The van der Waals surface area contributed by atoms with E-state index in [1.54, 1.807) is 0 Å². The zero-order chi connectivity index (χ0) is 14.7. The molecule has 2 unspecified atom stereocenters. The summed E-state index contributed by atoms with van der Waals surface area (Å²) in [5.74, 6) is 0. The lowest BCUT2D eigenvalue weighted by Crippen LogP contribution is -2.54. The summed E-state index contributed by atoms with van der Waals surface area (Å²) in [5, 5.41) is 3.38. The van der Waals surface area contributed by atoms with Gasteiger partial charge in [-0.25, -0.2) is 0 Å². The topological polar surface area (TPSA) is 18.5 Å². The number of hydrogen-bond donors (Lipinski definition) is 1. The zero-order valence-electron chi connectivity index (χ0n) is 13.5. The van der Waals surface area contributed by atoms with E-state index in [-0.39, 0.29) is 0 Å². The van der Waals surface area contributed by atoms with E-state index in [0.29, 0.717) is 6.04 Å². The fraction of sp³-hybridized carbons (Fsp3) is 0.667. The van der Waals surface area contributed by atoms with Crippen molar-refractivity contribution in [2.45, 2.75) is 51.9 Å². The van der Waals surface area contributed by atoms with Gasteiger partial charge in [-0.2, -0.15) is 0 Å². The number of rotatable bonds is 5. The Balaban J connectivity index is 1.58. The van der Waals surface area contributed by atoms with Crippen LogP contribution in [0.4, 0.5) is 0 Å². The maximum absolute atomic E-state index is 3.38. The molecule has 2 heterocycles. The van der Waals surface area contributed by atoms with Crippen molar-refractivity contribution in [1.82, 2.24) is 15.1 Å². The van der Waals surface area contributed by atoms with Crippen LogP contribution in [0, 0.1) is 0 Å². The summed E-state index contributed by atoms with van der Waals surface area (Å²) in [5.41, 5.74) is 2.84. The Morgan fingerprint density at radius 2 is 1.90 bits per heavy atom. The molecule has 1 aromatic carbocycles. The summed E-state index contributed by atoms with van der Waals surface area (Å²) >= 11 is 0. The second-order valence-electron chi connectivity index (χ2n) is 6.67. The lowest BCUT2D eigenvalue weighted by atomic mass is 10.1. The molecule has 0 amide bonds. The van der Waals surface area contributed by atoms with Crippen LogP contribution in [0.2, 0.25) is 0 Å². The average molecular weight is 287 g/mol. The van der Waals surface area contributed by atoms with E-state index in [0.717, 1.165) is 25.7 Å². The molecule has 3 rings (SSSR count). The molecule has 2 fully saturated rings. The SMILES string of the molecule is CCNCc1ccc(CN2CC3CCCN3CC2C)cc1. The quantitative estimate of drug-likeness (QED) is 0.897. The molecule has 0 saturated carbocycles. The van der Waals surface area contributed by atoms with Crippen molar-refractivity contribution in [2.75, 3.05) is 26.2 Å². The summed E-state index contributed by atoms with van der Waals surface area (Å²) in [6, 6.07) is 10.7. The summed E-state index contributed by atoms with van der Waals surface area (Å²) in [4.78, 5) is 5.37. The minimum Gasteiger partial charge on any atom is -0.313 e. The second-order valence-corrected chi connectivity index (χ2v) is 6.67. The van der Waals surface area contributed by atoms with Crippen molar-refractivity contribution in [1.29, 1.82) is 0 Å². The molecule has 0 aliphatic carbocycles. The maximum atomic E-state index is 3.38. The third kappa shape index (κ3) is 3.65. The summed E-state index contributed by atoms with van der Waals surface area (Å²) in [6.07, 6.45) is 2.79. The van der Waals surface area contributed by atoms with Crippen LogP contribution in [-0.2, 0) is 13.1 Å². The Bertz CT molecular complexity index is 442. The molecule has 2 saturated heterocycles. The fourth-order valence-electron chi connectivity index (χ4n) is 3.73. The second kappa shape index (κ2) is 6.91. The molecule has 0 aromatic heterocycles. The molecule has 2 aliphatic heterocycles. The Labute approximate surface area is 129 Å². The Hall–Kier alpha value is -0.900. The maximum Gasteiger partial charge on any atom is 0.0237 e. The van der Waals surface area contributed by atoms with Gasteiger partial charge in [0.2, 0.25) is 0 Å². The van der Waals surface area contributed by atoms with Crippen molar-refractivity contribution in [3.8, 4) is 0 Å². The van der Waals surface area contributed by atoms with Crippen LogP contribution in [0.15, 0.2) is 24.3 Å². The lowest BCUT2D eigenvalue weighted by Gasteiger charge is -2.42. The smallest absolute Gasteiger partial charge is 0.0237 e. The molecule has 21 heavy (non-hydrogen) atoms. The van der Waals surface area contributed by atoms with Crippen LogP contribution < -0.4 is 5.32 Å². The van der Waals surface area contributed by atoms with Crippen molar-refractivity contribution in [2.24, 2.45) is 0 Å². The molecule has 2 aliphatic rings. The Morgan fingerprint density at radius 3 is 2.67 bits per heavy atom. The van der Waals surface area contributed by atoms with Crippen molar-refractivity contribution in [3.05, 3.63) is 35.4 Å². The van der Waals surface area contributed by atoms with Crippen molar-refractivity contribution < 1.29 is 0 Å². The zero-order valence-corrected chi connectivity index (χ0v) is 13.5. The van der Waals surface area contributed by atoms with Crippen LogP contribution in [0.25, 0.3) is 0 Å². The van der Waals surface area contributed by atoms with Gasteiger partial charge < -0.3 is 5.32 Å². The summed E-state index contributed by atoms with van der Waals surface area (Å²) in [7, 11) is 0. The van der Waals surface area contributed by atoms with Crippen LogP contribution in [0.1, 0.15) is 37.8 Å². The van der Waals surface area contributed by atoms with Gasteiger partial charge in [-0.05, 0) is 44.0 Å². The molecule has 0 spiro atoms. The van der Waals surface area contributed by atoms with Gasteiger partial charge in [0, 0.05) is 38.3 Å². The van der Waals surface area contributed by atoms with E-state index in [4.69, 9.17) is 0 Å². The summed E-state index contributed by atoms with van der Waals surface area (Å²) in [6.45, 7) is 11.5. The Kier molecular flexibility index (Phi) is 4.94. The van der Waals surface area contributed by atoms with Crippen molar-refractivity contribution in [3.63, 3.8) is 0 Å². The molecule has 0 bridgehead atoms. The molecule has 2 atom stereocenters. The minimum absolute atomic E-state index is 0.681. The highest BCUT2D eigenvalue weighted by molar-refractivity contribution is 5.22. The van der Waals surface area contributed by atoms with E-state index in [9.17, 15) is 0 Å². The first-order chi connectivity index (χ1) is 10.3. The van der Waals surface area contributed by atoms with Crippen LogP contribution in [0.3, 0.4) is 0 Å². The van der Waals surface area contributed by atoms with E-state index < -0.39 is 0 Å². The van der Waals surface area contributed by atoms with E-state index in [1.165, 1.54) is 43.6 Å². The number of benzene rings is 1. The number of nitrogens with one attached hydrogen (secondary N) is 1. The van der Waals surface area contributed by atoms with Gasteiger partial charge in [-0.15, -0.1) is 0 Å². The van der Waals surface area contributed by atoms with Gasteiger partial charge in [0.15, 0.2) is 0 Å². The molecule has 3 heteroatoms. The number of hydrogen-bond acceptors (Lipinski definition) is 3. The molecule has 116 valence electrons. The van der Waals surface area contributed by atoms with E-state index in [2.05, 4.69) is 53.2 Å². The van der Waals surface area contributed by atoms with E-state index in [1.807, 2.05) is 0 Å². The molecular weight excluding hydrogens is 258 g/mol. The number of fused-ring (bicyclic) bond motifs is 1. The van der Waals surface area contributed by atoms with Gasteiger partial charge >= 0.3 is 0 Å².